The summed E-state index contributed by atoms with van der Waals surface area (Å²) in [6.45, 7) is 0. The van der Waals surface area contributed by atoms with Gasteiger partial charge in [0.15, 0.2) is 0 Å². The number of hydrogen-bond donors (Lipinski definition) is 0. The smallest absolute Gasteiger partial charge is 0.125 e. The van der Waals surface area contributed by atoms with Crippen LogP contribution in [0.15, 0.2) is 42.7 Å². The number of alkyl halides is 1. The Labute approximate surface area is 114 Å². The molecule has 3 aromatic rings. The number of hydrogen-bond acceptors (Lipinski definition) is 2. The number of aromatic nitrogens is 3. The second-order valence-corrected chi connectivity index (χ2v) is 4.52. The Kier molecular flexibility index (Phi) is 3.17. The fourth-order valence-corrected chi connectivity index (χ4v) is 2.31. The lowest BCUT2D eigenvalue weighted by molar-refractivity contribution is 0.626. The summed E-state index contributed by atoms with van der Waals surface area (Å²) < 4.78 is 15.3. The first-order chi connectivity index (χ1) is 9.29. The number of pyridine rings is 1. The van der Waals surface area contributed by atoms with Gasteiger partial charge in [-0.05, 0) is 24.3 Å². The van der Waals surface area contributed by atoms with Crippen LogP contribution in [0.3, 0.4) is 0 Å². The quantitative estimate of drug-likeness (QED) is 0.687. The second kappa shape index (κ2) is 4.97. The number of benzene rings is 1. The molecular weight excluding hydrogens is 265 g/mol. The van der Waals surface area contributed by atoms with E-state index in [1.54, 1.807) is 18.5 Å². The Morgan fingerprint density at radius 3 is 2.95 bits per heavy atom. The Morgan fingerprint density at radius 1 is 1.26 bits per heavy atom. The normalized spacial score (nSPS) is 11.1. The van der Waals surface area contributed by atoms with E-state index in [1.165, 1.54) is 12.1 Å². The zero-order valence-electron chi connectivity index (χ0n) is 10.1. The van der Waals surface area contributed by atoms with Crippen LogP contribution >= 0.6 is 11.6 Å². The lowest BCUT2D eigenvalue weighted by Gasteiger charge is -2.08. The van der Waals surface area contributed by atoms with Crippen molar-refractivity contribution in [3.63, 3.8) is 0 Å². The summed E-state index contributed by atoms with van der Waals surface area (Å²) >= 11 is 5.81. The maximum Gasteiger partial charge on any atom is 0.125 e. The highest BCUT2D eigenvalue weighted by atomic mass is 35.5. The molecule has 2 aromatic heterocycles. The molecule has 0 bridgehead atoms. The summed E-state index contributed by atoms with van der Waals surface area (Å²) in [4.78, 5) is 8.56. The number of nitrogens with zero attached hydrogens (tertiary/aromatic N) is 3. The van der Waals surface area contributed by atoms with Gasteiger partial charge in [-0.15, -0.1) is 11.6 Å². The number of aryl methyl sites for hydroxylation is 1. The lowest BCUT2D eigenvalue weighted by atomic mass is 10.3. The molecule has 3 nitrogen and oxygen atoms in total. The lowest BCUT2D eigenvalue weighted by Crippen LogP contribution is -2.02. The molecule has 1 aromatic carbocycles. The fourth-order valence-electron chi connectivity index (χ4n) is 2.14. The van der Waals surface area contributed by atoms with E-state index in [-0.39, 0.29) is 5.82 Å². The molecule has 0 saturated heterocycles. The summed E-state index contributed by atoms with van der Waals surface area (Å²) in [6, 6.07) is 8.31. The van der Waals surface area contributed by atoms with Gasteiger partial charge in [0.25, 0.3) is 0 Å². The van der Waals surface area contributed by atoms with Crippen molar-refractivity contribution in [2.24, 2.45) is 0 Å². The molecule has 0 aliphatic rings. The zero-order valence-corrected chi connectivity index (χ0v) is 10.8. The molecule has 3 rings (SSSR count). The standard InChI is InChI=1S/C14H11ClFN3/c15-6-4-14-18-12-9-17-7-5-13(12)19(14)11-3-1-2-10(16)8-11/h1-3,5,7-9H,4,6H2. The first kappa shape index (κ1) is 12.1. The third kappa shape index (κ3) is 2.19. The topological polar surface area (TPSA) is 30.7 Å². The van der Waals surface area contributed by atoms with Gasteiger partial charge < -0.3 is 0 Å². The fraction of sp³-hybridized carbons (Fsp3) is 0.143. The molecule has 0 fully saturated rings. The Bertz CT molecular complexity index is 724. The van der Waals surface area contributed by atoms with Gasteiger partial charge in [-0.3, -0.25) is 9.55 Å². The molecule has 0 N–H and O–H groups in total. The Balaban J connectivity index is 2.28. The van der Waals surface area contributed by atoms with Gasteiger partial charge >= 0.3 is 0 Å². The predicted molar refractivity (Wildman–Crippen MR) is 73.2 cm³/mol. The molecular formula is C14H11ClFN3. The van der Waals surface area contributed by atoms with E-state index in [4.69, 9.17) is 11.6 Å². The van der Waals surface area contributed by atoms with Gasteiger partial charge in [-0.2, -0.15) is 0 Å². The number of halogens is 2. The molecule has 5 heteroatoms. The van der Waals surface area contributed by atoms with Crippen LogP contribution in [0, 0.1) is 5.82 Å². The molecule has 0 amide bonds. The second-order valence-electron chi connectivity index (χ2n) is 4.15. The predicted octanol–water partition coefficient (Wildman–Crippen LogP) is 3.34. The summed E-state index contributed by atoms with van der Waals surface area (Å²) in [5, 5.41) is 0. The maximum absolute atomic E-state index is 13.4. The molecule has 0 unspecified atom stereocenters. The first-order valence-electron chi connectivity index (χ1n) is 5.93. The van der Waals surface area contributed by atoms with Crippen LogP contribution in [0.25, 0.3) is 16.7 Å². The molecule has 0 aliphatic carbocycles. The van der Waals surface area contributed by atoms with Gasteiger partial charge in [0, 0.05) is 18.5 Å². The van der Waals surface area contributed by atoms with Crippen molar-refractivity contribution in [2.75, 3.05) is 5.88 Å². The highest BCUT2D eigenvalue weighted by molar-refractivity contribution is 6.17. The van der Waals surface area contributed by atoms with Crippen LogP contribution in [-0.4, -0.2) is 20.4 Å². The van der Waals surface area contributed by atoms with Crippen LogP contribution in [0.5, 0.6) is 0 Å². The monoisotopic (exact) mass is 275 g/mol. The van der Waals surface area contributed by atoms with Crippen LogP contribution < -0.4 is 0 Å². The van der Waals surface area contributed by atoms with E-state index in [0.717, 1.165) is 22.5 Å². The van der Waals surface area contributed by atoms with E-state index in [2.05, 4.69) is 9.97 Å². The van der Waals surface area contributed by atoms with Crippen molar-refractivity contribution in [1.29, 1.82) is 0 Å². The van der Waals surface area contributed by atoms with Crippen LogP contribution in [-0.2, 0) is 6.42 Å². The minimum atomic E-state index is -0.273. The highest BCUT2D eigenvalue weighted by Crippen LogP contribution is 2.21. The molecule has 0 atom stereocenters. The number of fused-ring (bicyclic) bond motifs is 1. The van der Waals surface area contributed by atoms with Crippen molar-refractivity contribution in [2.45, 2.75) is 6.42 Å². The minimum Gasteiger partial charge on any atom is -0.296 e. The summed E-state index contributed by atoms with van der Waals surface area (Å²) in [5.41, 5.74) is 2.43. The summed E-state index contributed by atoms with van der Waals surface area (Å²) in [7, 11) is 0. The van der Waals surface area contributed by atoms with Gasteiger partial charge in [-0.25, -0.2) is 9.37 Å². The summed E-state index contributed by atoms with van der Waals surface area (Å²) in [5.74, 6) is 1.00. The van der Waals surface area contributed by atoms with Crippen molar-refractivity contribution >= 4 is 22.6 Å². The zero-order chi connectivity index (χ0) is 13.2. The summed E-state index contributed by atoms with van der Waals surface area (Å²) in [6.07, 6.45) is 4.01. The van der Waals surface area contributed by atoms with E-state index in [1.807, 2.05) is 16.7 Å². The van der Waals surface area contributed by atoms with E-state index in [9.17, 15) is 4.39 Å². The van der Waals surface area contributed by atoms with Crippen molar-refractivity contribution in [3.8, 4) is 5.69 Å². The van der Waals surface area contributed by atoms with Crippen LogP contribution in [0.1, 0.15) is 5.82 Å². The third-order valence-electron chi connectivity index (χ3n) is 2.91. The van der Waals surface area contributed by atoms with Crippen LogP contribution in [0.2, 0.25) is 0 Å². The van der Waals surface area contributed by atoms with Gasteiger partial charge in [0.1, 0.15) is 17.2 Å². The maximum atomic E-state index is 13.4. The number of rotatable bonds is 3. The first-order valence-corrected chi connectivity index (χ1v) is 6.46. The van der Waals surface area contributed by atoms with Gasteiger partial charge in [0.2, 0.25) is 0 Å². The molecule has 96 valence electrons. The molecule has 0 spiro atoms. The molecule has 0 radical (unpaired) electrons. The largest absolute Gasteiger partial charge is 0.296 e. The van der Waals surface area contributed by atoms with Crippen molar-refractivity contribution in [1.82, 2.24) is 14.5 Å². The molecule has 0 saturated carbocycles. The average Bonchev–Trinajstić information content (AvgIpc) is 2.77. The van der Waals surface area contributed by atoms with Gasteiger partial charge in [0.05, 0.1) is 17.4 Å². The highest BCUT2D eigenvalue weighted by Gasteiger charge is 2.12. The van der Waals surface area contributed by atoms with Crippen molar-refractivity contribution < 1.29 is 4.39 Å². The van der Waals surface area contributed by atoms with E-state index < -0.39 is 0 Å². The Hall–Kier alpha value is -1.94. The number of imidazole rings is 1. The SMILES string of the molecule is Fc1cccc(-n2c(CCCl)nc3cnccc32)c1. The third-order valence-corrected chi connectivity index (χ3v) is 3.10. The van der Waals surface area contributed by atoms with E-state index in [0.29, 0.717) is 12.3 Å². The van der Waals surface area contributed by atoms with Crippen molar-refractivity contribution in [3.05, 3.63) is 54.4 Å². The van der Waals surface area contributed by atoms with Gasteiger partial charge in [-0.1, -0.05) is 6.07 Å². The molecule has 2 heterocycles. The minimum absolute atomic E-state index is 0.273. The van der Waals surface area contributed by atoms with E-state index >= 15 is 0 Å². The average molecular weight is 276 g/mol. The molecule has 19 heavy (non-hydrogen) atoms. The molecule has 0 aliphatic heterocycles. The Morgan fingerprint density at radius 2 is 2.16 bits per heavy atom. The van der Waals surface area contributed by atoms with Crippen LogP contribution in [0.4, 0.5) is 4.39 Å².